The number of hydrogen-bond acceptors (Lipinski definition) is 4. The van der Waals surface area contributed by atoms with Gasteiger partial charge >= 0.3 is 5.97 Å². The monoisotopic (exact) mass is 328 g/mol. The zero-order valence-corrected chi connectivity index (χ0v) is 11.0. The number of aliphatic hydroxyl groups is 1. The van der Waals surface area contributed by atoms with Crippen LogP contribution in [0.15, 0.2) is 0 Å². The van der Waals surface area contributed by atoms with Crippen molar-refractivity contribution in [3.8, 4) is 0 Å². The summed E-state index contributed by atoms with van der Waals surface area (Å²) < 4.78 is 11.1. The topological polar surface area (TPSA) is 55.8 Å². The fourth-order valence-corrected chi connectivity index (χ4v) is 2.33. The quantitative estimate of drug-likeness (QED) is 0.484. The summed E-state index contributed by atoms with van der Waals surface area (Å²) in [6.45, 7) is 2.09. The standard InChI is InChI=1S/C10H17IO4/c1-2-14-9(12)6-10(13)5-3-4-8(7-11)15-10/h8,13H,2-7H2,1H3. The van der Waals surface area contributed by atoms with Gasteiger partial charge in [-0.2, -0.15) is 0 Å². The van der Waals surface area contributed by atoms with Crippen molar-refractivity contribution in [3.05, 3.63) is 0 Å². The second-order valence-electron chi connectivity index (χ2n) is 3.71. The van der Waals surface area contributed by atoms with Crippen molar-refractivity contribution in [1.82, 2.24) is 0 Å². The minimum absolute atomic E-state index is 0.0544. The Hall–Kier alpha value is 0.120. The highest BCUT2D eigenvalue weighted by atomic mass is 127. The molecule has 2 atom stereocenters. The number of esters is 1. The lowest BCUT2D eigenvalue weighted by atomic mass is 9.99. The Bertz CT molecular complexity index is 221. The van der Waals surface area contributed by atoms with E-state index in [0.717, 1.165) is 17.3 Å². The van der Waals surface area contributed by atoms with E-state index in [1.165, 1.54) is 0 Å². The van der Waals surface area contributed by atoms with Crippen LogP contribution in [0.3, 0.4) is 0 Å². The maximum absolute atomic E-state index is 11.2. The van der Waals surface area contributed by atoms with E-state index in [9.17, 15) is 9.90 Å². The number of carbonyl (C=O) groups excluding carboxylic acids is 1. The molecule has 1 aliphatic heterocycles. The molecule has 0 amide bonds. The zero-order valence-electron chi connectivity index (χ0n) is 8.87. The third-order valence-electron chi connectivity index (χ3n) is 2.38. The van der Waals surface area contributed by atoms with Crippen molar-refractivity contribution >= 4 is 28.6 Å². The van der Waals surface area contributed by atoms with Crippen LogP contribution in [-0.4, -0.2) is 34.0 Å². The van der Waals surface area contributed by atoms with E-state index in [2.05, 4.69) is 22.6 Å². The Labute approximate surface area is 103 Å². The highest BCUT2D eigenvalue weighted by Gasteiger charge is 2.37. The Morgan fingerprint density at radius 2 is 2.47 bits per heavy atom. The number of carbonyl (C=O) groups is 1. The van der Waals surface area contributed by atoms with Crippen molar-refractivity contribution in [2.24, 2.45) is 0 Å². The largest absolute Gasteiger partial charge is 0.466 e. The summed E-state index contributed by atoms with van der Waals surface area (Å²) in [7, 11) is 0. The van der Waals surface area contributed by atoms with Crippen molar-refractivity contribution in [2.75, 3.05) is 11.0 Å². The molecule has 0 aliphatic carbocycles. The number of ether oxygens (including phenoxy) is 2. The first-order valence-electron chi connectivity index (χ1n) is 5.21. The Kier molecular flexibility index (Phi) is 5.28. The molecule has 0 aromatic heterocycles. The predicted molar refractivity (Wildman–Crippen MR) is 63.8 cm³/mol. The van der Waals surface area contributed by atoms with Crippen LogP contribution in [0.5, 0.6) is 0 Å². The first kappa shape index (κ1) is 13.2. The average Bonchev–Trinajstić information content (AvgIpc) is 2.17. The Morgan fingerprint density at radius 3 is 3.07 bits per heavy atom. The lowest BCUT2D eigenvalue weighted by Crippen LogP contribution is -2.43. The Morgan fingerprint density at radius 1 is 1.73 bits per heavy atom. The molecule has 1 fully saturated rings. The summed E-state index contributed by atoms with van der Waals surface area (Å²) in [5.41, 5.74) is 0. The third kappa shape index (κ3) is 4.24. The van der Waals surface area contributed by atoms with Crippen LogP contribution in [0.4, 0.5) is 0 Å². The zero-order chi connectivity index (χ0) is 11.3. The summed E-state index contributed by atoms with van der Waals surface area (Å²) >= 11 is 2.22. The molecule has 4 nitrogen and oxygen atoms in total. The molecule has 5 heteroatoms. The molecule has 1 aliphatic rings. The molecule has 1 rings (SSSR count). The third-order valence-corrected chi connectivity index (χ3v) is 3.36. The van der Waals surface area contributed by atoms with Gasteiger partial charge in [-0.1, -0.05) is 22.6 Å². The molecule has 0 aromatic rings. The fourth-order valence-electron chi connectivity index (χ4n) is 1.71. The summed E-state index contributed by atoms with van der Waals surface area (Å²) in [5, 5.41) is 10.0. The van der Waals surface area contributed by atoms with Gasteiger partial charge in [0, 0.05) is 10.8 Å². The molecule has 88 valence electrons. The molecule has 15 heavy (non-hydrogen) atoms. The molecular weight excluding hydrogens is 311 g/mol. The maximum atomic E-state index is 11.2. The maximum Gasteiger partial charge on any atom is 0.311 e. The predicted octanol–water partition coefficient (Wildman–Crippen LogP) is 1.63. The lowest BCUT2D eigenvalue weighted by Gasteiger charge is -2.35. The fraction of sp³-hybridized carbons (Fsp3) is 0.900. The van der Waals surface area contributed by atoms with Crippen molar-refractivity contribution < 1.29 is 19.4 Å². The minimum Gasteiger partial charge on any atom is -0.466 e. The average molecular weight is 328 g/mol. The molecule has 0 spiro atoms. The summed E-state index contributed by atoms with van der Waals surface area (Å²) in [4.78, 5) is 11.2. The van der Waals surface area contributed by atoms with Crippen LogP contribution in [-0.2, 0) is 14.3 Å². The van der Waals surface area contributed by atoms with Gasteiger partial charge in [0.05, 0.1) is 19.1 Å². The first-order valence-corrected chi connectivity index (χ1v) is 6.74. The molecular formula is C10H17IO4. The van der Waals surface area contributed by atoms with E-state index in [1.54, 1.807) is 6.92 Å². The number of halogens is 1. The van der Waals surface area contributed by atoms with E-state index in [0.29, 0.717) is 13.0 Å². The van der Waals surface area contributed by atoms with Gasteiger partial charge in [-0.05, 0) is 19.8 Å². The molecule has 0 radical (unpaired) electrons. The molecule has 0 bridgehead atoms. The molecule has 1 saturated heterocycles. The summed E-state index contributed by atoms with van der Waals surface area (Å²) in [6, 6.07) is 0. The van der Waals surface area contributed by atoms with Gasteiger partial charge in [-0.3, -0.25) is 4.79 Å². The van der Waals surface area contributed by atoms with E-state index in [1.807, 2.05) is 0 Å². The Balaban J connectivity index is 2.46. The normalized spacial score (nSPS) is 31.3. The molecule has 1 N–H and O–H groups in total. The van der Waals surface area contributed by atoms with Gasteiger partial charge in [-0.25, -0.2) is 0 Å². The minimum atomic E-state index is -1.31. The van der Waals surface area contributed by atoms with Crippen LogP contribution >= 0.6 is 22.6 Å². The van der Waals surface area contributed by atoms with Gasteiger partial charge < -0.3 is 14.6 Å². The smallest absolute Gasteiger partial charge is 0.311 e. The van der Waals surface area contributed by atoms with E-state index >= 15 is 0 Å². The number of hydrogen-bond donors (Lipinski definition) is 1. The van der Waals surface area contributed by atoms with E-state index in [-0.39, 0.29) is 12.5 Å². The highest BCUT2D eigenvalue weighted by molar-refractivity contribution is 14.1. The van der Waals surface area contributed by atoms with Crippen molar-refractivity contribution in [3.63, 3.8) is 0 Å². The molecule has 0 aromatic carbocycles. The van der Waals surface area contributed by atoms with Gasteiger partial charge in [0.15, 0.2) is 5.79 Å². The summed E-state index contributed by atoms with van der Waals surface area (Å²) in [6.07, 6.45) is 2.35. The van der Waals surface area contributed by atoms with Crippen molar-refractivity contribution in [1.29, 1.82) is 0 Å². The molecule has 1 heterocycles. The van der Waals surface area contributed by atoms with Crippen LogP contribution in [0.2, 0.25) is 0 Å². The summed E-state index contributed by atoms with van der Waals surface area (Å²) in [5.74, 6) is -1.70. The van der Waals surface area contributed by atoms with Gasteiger partial charge in [0.1, 0.15) is 0 Å². The van der Waals surface area contributed by atoms with Crippen LogP contribution < -0.4 is 0 Å². The van der Waals surface area contributed by atoms with Crippen LogP contribution in [0.25, 0.3) is 0 Å². The van der Waals surface area contributed by atoms with Gasteiger partial charge in [0.25, 0.3) is 0 Å². The highest BCUT2D eigenvalue weighted by Crippen LogP contribution is 2.30. The van der Waals surface area contributed by atoms with Crippen molar-refractivity contribution in [2.45, 2.75) is 44.5 Å². The first-order chi connectivity index (χ1) is 7.09. The number of rotatable bonds is 4. The molecule has 0 saturated carbocycles. The lowest BCUT2D eigenvalue weighted by molar-refractivity contribution is -0.251. The van der Waals surface area contributed by atoms with E-state index < -0.39 is 11.8 Å². The molecule has 2 unspecified atom stereocenters. The van der Waals surface area contributed by atoms with Gasteiger partial charge in [0.2, 0.25) is 0 Å². The SMILES string of the molecule is CCOC(=O)CC1(O)CCCC(CI)O1. The second kappa shape index (κ2) is 6.00. The van der Waals surface area contributed by atoms with E-state index in [4.69, 9.17) is 9.47 Å². The second-order valence-corrected chi connectivity index (χ2v) is 4.60. The number of alkyl halides is 1. The van der Waals surface area contributed by atoms with Crippen LogP contribution in [0.1, 0.15) is 32.6 Å². The van der Waals surface area contributed by atoms with Crippen LogP contribution in [0, 0.1) is 0 Å². The van der Waals surface area contributed by atoms with Gasteiger partial charge in [-0.15, -0.1) is 0 Å².